The number of rotatable bonds is 7. The van der Waals surface area contributed by atoms with Crippen molar-refractivity contribution in [1.29, 1.82) is 0 Å². The minimum Gasteiger partial charge on any atom is -0.313 e. The molecule has 0 aliphatic carbocycles. The maximum atomic E-state index is 5.37. The van der Waals surface area contributed by atoms with Gasteiger partial charge >= 0.3 is 0 Å². The van der Waals surface area contributed by atoms with Crippen LogP contribution >= 0.6 is 11.5 Å². The van der Waals surface area contributed by atoms with Gasteiger partial charge in [0.05, 0.1) is 0 Å². The van der Waals surface area contributed by atoms with Crippen molar-refractivity contribution in [1.82, 2.24) is 14.5 Å². The normalized spacial score (nSPS) is 10.9. The molecule has 0 amide bonds. The molecule has 86 valence electrons. The standard InChI is InChI=1S/C9H19N5S/c1-3-5-6-14(4-2)7-8-9(11-10)15-13-12-8/h11H,3-7,10H2,1-2H3. The smallest absolute Gasteiger partial charge is 0.148 e. The van der Waals surface area contributed by atoms with E-state index < -0.39 is 0 Å². The lowest BCUT2D eigenvalue weighted by Gasteiger charge is -2.18. The van der Waals surface area contributed by atoms with Gasteiger partial charge in [0.15, 0.2) is 0 Å². The van der Waals surface area contributed by atoms with E-state index in [2.05, 4.69) is 33.8 Å². The Balaban J connectivity index is 2.50. The number of nitrogens with one attached hydrogen (secondary N) is 1. The number of nitrogen functional groups attached to an aromatic ring is 1. The Morgan fingerprint density at radius 1 is 1.47 bits per heavy atom. The molecule has 5 nitrogen and oxygen atoms in total. The summed E-state index contributed by atoms with van der Waals surface area (Å²) in [5.41, 5.74) is 3.57. The van der Waals surface area contributed by atoms with Crippen molar-refractivity contribution in [3.05, 3.63) is 5.69 Å². The van der Waals surface area contributed by atoms with Gasteiger partial charge in [-0.1, -0.05) is 24.8 Å². The quantitative estimate of drug-likeness (QED) is 0.547. The third-order valence-electron chi connectivity index (χ3n) is 2.34. The largest absolute Gasteiger partial charge is 0.313 e. The second kappa shape index (κ2) is 6.71. The van der Waals surface area contributed by atoms with Crippen molar-refractivity contribution in [3.8, 4) is 0 Å². The lowest BCUT2D eigenvalue weighted by Crippen LogP contribution is -2.25. The fourth-order valence-electron chi connectivity index (χ4n) is 1.36. The Kier molecular flexibility index (Phi) is 5.52. The zero-order valence-corrected chi connectivity index (χ0v) is 10.2. The van der Waals surface area contributed by atoms with E-state index >= 15 is 0 Å². The molecule has 0 fully saturated rings. The first-order valence-corrected chi connectivity index (χ1v) is 6.09. The van der Waals surface area contributed by atoms with E-state index in [1.807, 2.05) is 0 Å². The molecule has 0 atom stereocenters. The Bertz CT molecular complexity index is 275. The molecule has 1 rings (SSSR count). The highest BCUT2D eigenvalue weighted by Gasteiger charge is 2.10. The molecule has 0 aromatic carbocycles. The number of hydrogen-bond donors (Lipinski definition) is 2. The molecule has 1 aromatic heterocycles. The van der Waals surface area contributed by atoms with E-state index in [-0.39, 0.29) is 0 Å². The fourth-order valence-corrected chi connectivity index (χ4v) is 1.85. The molecule has 1 heterocycles. The van der Waals surface area contributed by atoms with E-state index in [4.69, 9.17) is 5.84 Å². The van der Waals surface area contributed by atoms with Crippen molar-refractivity contribution in [3.63, 3.8) is 0 Å². The Morgan fingerprint density at radius 2 is 2.27 bits per heavy atom. The van der Waals surface area contributed by atoms with Crippen molar-refractivity contribution >= 4 is 16.5 Å². The monoisotopic (exact) mass is 229 g/mol. The maximum absolute atomic E-state index is 5.37. The minimum atomic E-state index is 0.826. The number of anilines is 1. The summed E-state index contributed by atoms with van der Waals surface area (Å²) in [7, 11) is 0. The first kappa shape index (κ1) is 12.4. The number of nitrogens with zero attached hydrogens (tertiary/aromatic N) is 3. The van der Waals surface area contributed by atoms with Gasteiger partial charge in [-0.2, -0.15) is 0 Å². The molecule has 0 saturated carbocycles. The van der Waals surface area contributed by atoms with Crippen LogP contribution in [0, 0.1) is 0 Å². The highest BCUT2D eigenvalue weighted by atomic mass is 32.1. The average molecular weight is 229 g/mol. The SMILES string of the molecule is CCCCN(CC)Cc1nnsc1NN. The van der Waals surface area contributed by atoms with E-state index in [1.54, 1.807) is 0 Å². The van der Waals surface area contributed by atoms with Gasteiger partial charge in [0.25, 0.3) is 0 Å². The van der Waals surface area contributed by atoms with Gasteiger partial charge in [0.1, 0.15) is 10.7 Å². The summed E-state index contributed by atoms with van der Waals surface area (Å²) in [5.74, 6) is 5.37. The molecular weight excluding hydrogens is 210 g/mol. The van der Waals surface area contributed by atoms with E-state index in [0.717, 1.165) is 30.3 Å². The van der Waals surface area contributed by atoms with E-state index in [0.29, 0.717) is 0 Å². The Labute approximate surface area is 94.8 Å². The first-order chi connectivity index (χ1) is 7.31. The molecule has 0 bridgehead atoms. The Morgan fingerprint density at radius 3 is 2.87 bits per heavy atom. The van der Waals surface area contributed by atoms with Crippen LogP contribution in [0.15, 0.2) is 0 Å². The second-order valence-electron chi connectivity index (χ2n) is 3.42. The summed E-state index contributed by atoms with van der Waals surface area (Å²) in [4.78, 5) is 2.35. The maximum Gasteiger partial charge on any atom is 0.148 e. The van der Waals surface area contributed by atoms with Crippen molar-refractivity contribution in [2.75, 3.05) is 18.5 Å². The summed E-state index contributed by atoms with van der Waals surface area (Å²) in [6, 6.07) is 0. The first-order valence-electron chi connectivity index (χ1n) is 5.32. The summed E-state index contributed by atoms with van der Waals surface area (Å²) in [5, 5.41) is 4.93. The summed E-state index contributed by atoms with van der Waals surface area (Å²) in [6.45, 7) is 7.32. The van der Waals surface area contributed by atoms with Gasteiger partial charge in [0.2, 0.25) is 0 Å². The minimum absolute atomic E-state index is 0.826. The number of aromatic nitrogens is 2. The van der Waals surface area contributed by atoms with Gasteiger partial charge < -0.3 is 5.43 Å². The summed E-state index contributed by atoms with van der Waals surface area (Å²) in [6.07, 6.45) is 2.44. The number of unbranched alkanes of at least 4 members (excludes halogenated alkanes) is 1. The fraction of sp³-hybridized carbons (Fsp3) is 0.778. The van der Waals surface area contributed by atoms with Crippen molar-refractivity contribution in [2.24, 2.45) is 5.84 Å². The molecule has 1 aromatic rings. The zero-order chi connectivity index (χ0) is 11.1. The molecule has 0 aliphatic rings. The van der Waals surface area contributed by atoms with Crippen LogP contribution in [0.3, 0.4) is 0 Å². The van der Waals surface area contributed by atoms with Crippen molar-refractivity contribution in [2.45, 2.75) is 33.2 Å². The molecule has 0 radical (unpaired) electrons. The van der Waals surface area contributed by atoms with Crippen LogP contribution < -0.4 is 11.3 Å². The molecule has 0 unspecified atom stereocenters. The van der Waals surface area contributed by atoms with E-state index in [1.165, 1.54) is 24.4 Å². The molecule has 6 heteroatoms. The molecule has 15 heavy (non-hydrogen) atoms. The summed E-state index contributed by atoms with van der Waals surface area (Å²) < 4.78 is 3.88. The molecule has 0 saturated heterocycles. The van der Waals surface area contributed by atoms with Gasteiger partial charge in [-0.05, 0) is 19.5 Å². The van der Waals surface area contributed by atoms with Crippen LogP contribution in [0.1, 0.15) is 32.4 Å². The van der Waals surface area contributed by atoms with Crippen LogP contribution in [-0.4, -0.2) is 27.6 Å². The lowest BCUT2D eigenvalue weighted by molar-refractivity contribution is 0.272. The predicted octanol–water partition coefficient (Wildman–Crippen LogP) is 1.45. The van der Waals surface area contributed by atoms with Gasteiger partial charge in [-0.25, -0.2) is 5.84 Å². The van der Waals surface area contributed by atoms with Gasteiger partial charge in [-0.15, -0.1) is 5.10 Å². The second-order valence-corrected chi connectivity index (χ2v) is 4.17. The van der Waals surface area contributed by atoms with Crippen molar-refractivity contribution < 1.29 is 0 Å². The molecule has 0 aliphatic heterocycles. The number of hydrogen-bond acceptors (Lipinski definition) is 6. The predicted molar refractivity (Wildman–Crippen MR) is 63.6 cm³/mol. The van der Waals surface area contributed by atoms with Gasteiger partial charge in [0, 0.05) is 18.1 Å². The third kappa shape index (κ3) is 3.73. The third-order valence-corrected chi connectivity index (χ3v) is 3.03. The molecule has 3 N–H and O–H groups in total. The molecule has 0 spiro atoms. The van der Waals surface area contributed by atoms with Crippen LogP contribution in [-0.2, 0) is 6.54 Å². The van der Waals surface area contributed by atoms with E-state index in [9.17, 15) is 0 Å². The summed E-state index contributed by atoms with van der Waals surface area (Å²) >= 11 is 1.30. The molecular formula is C9H19N5S. The average Bonchev–Trinajstić information content (AvgIpc) is 2.71. The highest BCUT2D eigenvalue weighted by molar-refractivity contribution is 7.10. The topological polar surface area (TPSA) is 67.1 Å². The van der Waals surface area contributed by atoms with Crippen LogP contribution in [0.4, 0.5) is 5.00 Å². The van der Waals surface area contributed by atoms with Crippen LogP contribution in [0.25, 0.3) is 0 Å². The van der Waals surface area contributed by atoms with Crippen LogP contribution in [0.2, 0.25) is 0 Å². The zero-order valence-electron chi connectivity index (χ0n) is 9.36. The number of hydrazine groups is 1. The lowest BCUT2D eigenvalue weighted by atomic mass is 10.3. The van der Waals surface area contributed by atoms with Gasteiger partial charge in [-0.3, -0.25) is 4.90 Å². The highest BCUT2D eigenvalue weighted by Crippen LogP contribution is 2.17. The number of nitrogens with two attached hydrogens (primary N) is 1. The Hall–Kier alpha value is -0.720. The van der Waals surface area contributed by atoms with Crippen LogP contribution in [0.5, 0.6) is 0 Å².